The summed E-state index contributed by atoms with van der Waals surface area (Å²) >= 11 is 0. The monoisotopic (exact) mass is 278 g/mol. The normalized spacial score (nSPS) is 22.5. The fourth-order valence-corrected chi connectivity index (χ4v) is 3.00. The van der Waals surface area contributed by atoms with Crippen LogP contribution in [0.5, 0.6) is 0 Å². The van der Waals surface area contributed by atoms with Crippen molar-refractivity contribution >= 4 is 11.6 Å². The predicted octanol–water partition coefficient (Wildman–Crippen LogP) is 3.35. The minimum Gasteiger partial charge on any atom is -0.396 e. The van der Waals surface area contributed by atoms with Crippen LogP contribution < -0.4 is 11.1 Å². The molecule has 0 radical (unpaired) electrons. The Morgan fingerprint density at radius 3 is 2.95 bits per heavy atom. The molecule has 2 unspecified atom stereocenters. The zero-order valence-electron chi connectivity index (χ0n) is 12.0. The first-order valence-electron chi connectivity index (χ1n) is 7.39. The number of benzene rings is 1. The van der Waals surface area contributed by atoms with Gasteiger partial charge in [0.15, 0.2) is 0 Å². The van der Waals surface area contributed by atoms with Crippen LogP contribution >= 0.6 is 0 Å². The third kappa shape index (κ3) is 3.95. The summed E-state index contributed by atoms with van der Waals surface area (Å²) in [6.07, 6.45) is 6.18. The Morgan fingerprint density at radius 2 is 2.25 bits per heavy atom. The molecule has 110 valence electrons. The number of carbonyl (C=O) groups excluding carboxylic acids is 1. The van der Waals surface area contributed by atoms with Gasteiger partial charge >= 0.3 is 0 Å². The van der Waals surface area contributed by atoms with Crippen LogP contribution in [0.2, 0.25) is 0 Å². The lowest BCUT2D eigenvalue weighted by Crippen LogP contribution is -2.27. The molecule has 0 aromatic heterocycles. The Labute approximate surface area is 119 Å². The van der Waals surface area contributed by atoms with Crippen LogP contribution in [0.4, 0.5) is 10.1 Å². The van der Waals surface area contributed by atoms with Crippen LogP contribution in [0.25, 0.3) is 0 Å². The third-order valence-electron chi connectivity index (χ3n) is 4.14. The van der Waals surface area contributed by atoms with E-state index in [0.29, 0.717) is 12.1 Å². The number of anilines is 1. The van der Waals surface area contributed by atoms with Crippen molar-refractivity contribution in [3.8, 4) is 0 Å². The van der Waals surface area contributed by atoms with Gasteiger partial charge in [-0.1, -0.05) is 26.2 Å². The summed E-state index contributed by atoms with van der Waals surface area (Å²) in [6.45, 7) is 2.97. The Morgan fingerprint density at radius 1 is 1.45 bits per heavy atom. The van der Waals surface area contributed by atoms with E-state index in [1.165, 1.54) is 43.9 Å². The maximum absolute atomic E-state index is 13.0. The molecular weight excluding hydrogens is 255 g/mol. The van der Waals surface area contributed by atoms with E-state index in [1.54, 1.807) is 0 Å². The number of halogens is 1. The lowest BCUT2D eigenvalue weighted by molar-refractivity contribution is 0.0949. The van der Waals surface area contributed by atoms with Crippen LogP contribution in [0.1, 0.15) is 49.4 Å². The summed E-state index contributed by atoms with van der Waals surface area (Å²) in [7, 11) is 0. The van der Waals surface area contributed by atoms with E-state index >= 15 is 0 Å². The number of nitrogens with one attached hydrogen (secondary N) is 1. The van der Waals surface area contributed by atoms with Gasteiger partial charge in [-0.25, -0.2) is 4.39 Å². The van der Waals surface area contributed by atoms with Crippen molar-refractivity contribution in [2.45, 2.75) is 39.0 Å². The van der Waals surface area contributed by atoms with Gasteiger partial charge in [0.25, 0.3) is 5.91 Å². The summed E-state index contributed by atoms with van der Waals surface area (Å²) in [6, 6.07) is 4.07. The summed E-state index contributed by atoms with van der Waals surface area (Å²) in [4.78, 5) is 11.9. The maximum atomic E-state index is 13.0. The van der Waals surface area contributed by atoms with Crippen molar-refractivity contribution < 1.29 is 9.18 Å². The SMILES string of the molecule is CC1CCCC(CCNC(=O)c2ccc(F)c(N)c2)C1. The van der Waals surface area contributed by atoms with E-state index in [2.05, 4.69) is 12.2 Å². The first-order valence-corrected chi connectivity index (χ1v) is 7.39. The number of hydrogen-bond donors (Lipinski definition) is 2. The average molecular weight is 278 g/mol. The molecule has 1 aliphatic carbocycles. The molecule has 1 saturated carbocycles. The van der Waals surface area contributed by atoms with Gasteiger partial charge in [0.2, 0.25) is 0 Å². The molecule has 20 heavy (non-hydrogen) atoms. The Bertz CT molecular complexity index is 476. The van der Waals surface area contributed by atoms with Crippen molar-refractivity contribution in [3.05, 3.63) is 29.6 Å². The van der Waals surface area contributed by atoms with E-state index in [1.807, 2.05) is 0 Å². The fraction of sp³-hybridized carbons (Fsp3) is 0.562. The van der Waals surface area contributed by atoms with E-state index in [-0.39, 0.29) is 11.6 Å². The molecule has 3 N–H and O–H groups in total. The minimum atomic E-state index is -0.488. The first-order chi connectivity index (χ1) is 9.56. The highest BCUT2D eigenvalue weighted by Crippen LogP contribution is 2.30. The largest absolute Gasteiger partial charge is 0.396 e. The van der Waals surface area contributed by atoms with Crippen molar-refractivity contribution in [2.24, 2.45) is 11.8 Å². The predicted molar refractivity (Wildman–Crippen MR) is 78.9 cm³/mol. The zero-order valence-corrected chi connectivity index (χ0v) is 12.0. The van der Waals surface area contributed by atoms with Gasteiger partial charge in [-0.2, -0.15) is 0 Å². The number of hydrogen-bond acceptors (Lipinski definition) is 2. The second-order valence-corrected chi connectivity index (χ2v) is 5.92. The smallest absolute Gasteiger partial charge is 0.251 e. The molecule has 1 aliphatic rings. The topological polar surface area (TPSA) is 55.1 Å². The van der Waals surface area contributed by atoms with Crippen LogP contribution in [-0.2, 0) is 0 Å². The van der Waals surface area contributed by atoms with Gasteiger partial charge in [-0.3, -0.25) is 4.79 Å². The van der Waals surface area contributed by atoms with E-state index < -0.39 is 5.82 Å². The molecule has 4 heteroatoms. The first kappa shape index (κ1) is 14.8. The number of nitrogens with two attached hydrogens (primary N) is 1. The molecule has 1 amide bonds. The maximum Gasteiger partial charge on any atom is 0.251 e. The Hall–Kier alpha value is -1.58. The number of carbonyl (C=O) groups is 1. The summed E-state index contributed by atoms with van der Waals surface area (Å²) in [5.74, 6) is 0.858. The summed E-state index contributed by atoms with van der Waals surface area (Å²) in [5.41, 5.74) is 5.89. The van der Waals surface area contributed by atoms with Gasteiger partial charge in [0, 0.05) is 12.1 Å². The van der Waals surface area contributed by atoms with E-state index in [9.17, 15) is 9.18 Å². The number of nitrogen functional groups attached to an aromatic ring is 1. The molecule has 0 bridgehead atoms. The van der Waals surface area contributed by atoms with Crippen LogP contribution in [0.15, 0.2) is 18.2 Å². The van der Waals surface area contributed by atoms with Crippen LogP contribution in [-0.4, -0.2) is 12.5 Å². The average Bonchev–Trinajstić information content (AvgIpc) is 2.42. The van der Waals surface area contributed by atoms with E-state index in [0.717, 1.165) is 18.3 Å². The molecular formula is C16H23FN2O. The molecule has 3 nitrogen and oxygen atoms in total. The molecule has 1 aromatic carbocycles. The molecule has 0 saturated heterocycles. The highest BCUT2D eigenvalue weighted by Gasteiger charge is 2.18. The van der Waals surface area contributed by atoms with Gasteiger partial charge in [0.1, 0.15) is 5.82 Å². The molecule has 2 atom stereocenters. The molecule has 0 heterocycles. The molecule has 1 fully saturated rings. The molecule has 0 aliphatic heterocycles. The number of rotatable bonds is 4. The van der Waals surface area contributed by atoms with E-state index in [4.69, 9.17) is 5.73 Å². The third-order valence-corrected chi connectivity index (χ3v) is 4.14. The highest BCUT2D eigenvalue weighted by atomic mass is 19.1. The van der Waals surface area contributed by atoms with Gasteiger partial charge < -0.3 is 11.1 Å². The van der Waals surface area contributed by atoms with Crippen molar-refractivity contribution in [1.82, 2.24) is 5.32 Å². The minimum absolute atomic E-state index is 0.0127. The van der Waals surface area contributed by atoms with Crippen LogP contribution in [0, 0.1) is 17.7 Å². The lowest BCUT2D eigenvalue weighted by Gasteiger charge is -2.26. The molecule has 2 rings (SSSR count). The van der Waals surface area contributed by atoms with Crippen molar-refractivity contribution in [2.75, 3.05) is 12.3 Å². The summed E-state index contributed by atoms with van der Waals surface area (Å²) < 4.78 is 13.0. The molecule has 1 aromatic rings. The van der Waals surface area contributed by atoms with Gasteiger partial charge in [-0.05, 0) is 42.9 Å². The van der Waals surface area contributed by atoms with Crippen LogP contribution in [0.3, 0.4) is 0 Å². The second kappa shape index (κ2) is 6.73. The Kier molecular flexibility index (Phi) is 4.99. The highest BCUT2D eigenvalue weighted by molar-refractivity contribution is 5.94. The van der Waals surface area contributed by atoms with Gasteiger partial charge in [0.05, 0.1) is 5.69 Å². The van der Waals surface area contributed by atoms with Crippen molar-refractivity contribution in [1.29, 1.82) is 0 Å². The fourth-order valence-electron chi connectivity index (χ4n) is 3.00. The number of amides is 1. The zero-order chi connectivity index (χ0) is 14.5. The standard InChI is InChI=1S/C16H23FN2O/c1-11-3-2-4-12(9-11)7-8-19-16(20)13-5-6-14(17)15(18)10-13/h5-6,10-12H,2-4,7-9,18H2,1H3,(H,19,20). The van der Waals surface area contributed by atoms with Gasteiger partial charge in [-0.15, -0.1) is 0 Å². The quantitative estimate of drug-likeness (QED) is 0.830. The Balaban J connectivity index is 1.78. The molecule has 0 spiro atoms. The summed E-state index contributed by atoms with van der Waals surface area (Å²) in [5, 5.41) is 2.89. The second-order valence-electron chi connectivity index (χ2n) is 5.92. The lowest BCUT2D eigenvalue weighted by atomic mass is 9.81. The van der Waals surface area contributed by atoms with Crippen molar-refractivity contribution in [3.63, 3.8) is 0 Å².